The zero-order valence-corrected chi connectivity index (χ0v) is 32.0. The maximum absolute atomic E-state index is 12.6. The van der Waals surface area contributed by atoms with Crippen molar-refractivity contribution in [1.29, 1.82) is 0 Å². The van der Waals surface area contributed by atoms with Gasteiger partial charge in [0.2, 0.25) is 11.8 Å². The van der Waals surface area contributed by atoms with E-state index in [9.17, 15) is 57.9 Å². The van der Waals surface area contributed by atoms with Crippen molar-refractivity contribution in [3.05, 3.63) is 12.7 Å². The minimum absolute atomic E-state index is 0.0308. The number of aliphatic hydroxyl groups excluding tert-OH is 2. The van der Waals surface area contributed by atoms with E-state index in [1.54, 1.807) is 0 Å². The quantitative estimate of drug-likeness (QED) is 0.0543. The Morgan fingerprint density at radius 3 is 2.42 bits per heavy atom. The summed E-state index contributed by atoms with van der Waals surface area (Å²) in [5.74, 6) is -1.09. The standard InChI is InChI=1S/C23H39N7O17P4S/c1-23(2,18(34)21(35)26-4-3-13(31)25-5-6-52-14(32)8-48)9-44-51(41,42)47-50(39,40)43-7-12-17(46-49(36,37)38)16(33)22(45-12)30-11-29-15-19(24)27-10-28-20(15)30/h10-12,16-18,22,33-34H,3-9,48H2,1-2H3,(H,25,31)(H,26,35)(H,39,40)(H,41,42)(H2,24,27,28)(H2,36,37,38). The van der Waals surface area contributed by atoms with E-state index < -0.39 is 84.6 Å². The number of anilines is 1. The molecule has 2 aromatic heterocycles. The largest absolute Gasteiger partial charge is 0.481 e. The Labute approximate surface area is 301 Å². The molecular formula is C23H39N7O17P4S. The predicted octanol–water partition coefficient (Wildman–Crippen LogP) is -1.46. The van der Waals surface area contributed by atoms with Gasteiger partial charge in [0.05, 0.1) is 19.5 Å². The number of carbonyl (C=O) groups excluding carboxylic acids is 3. The van der Waals surface area contributed by atoms with Crippen LogP contribution >= 0.6 is 44.5 Å². The summed E-state index contributed by atoms with van der Waals surface area (Å²) in [4.78, 5) is 86.4. The van der Waals surface area contributed by atoms with Crippen molar-refractivity contribution in [2.24, 2.45) is 5.41 Å². The SMILES string of the molecule is CC(C)(COP(=O)(O)OP(=O)(O)OCC1OC(n2cnc3c(N)ncnc32)C(O)C1OP(=O)(O)O)C(O)C(=O)NCCC(=O)NCCSC(=O)CP. The molecule has 29 heteroatoms. The first-order chi connectivity index (χ1) is 24.1. The van der Waals surface area contributed by atoms with Gasteiger partial charge in [-0.3, -0.25) is 32.5 Å². The van der Waals surface area contributed by atoms with Crippen LogP contribution in [-0.4, -0.2) is 129 Å². The third-order valence-corrected chi connectivity index (χ3v) is 11.6. The van der Waals surface area contributed by atoms with Crippen molar-refractivity contribution in [1.82, 2.24) is 30.2 Å². The van der Waals surface area contributed by atoms with Crippen molar-refractivity contribution in [3.63, 3.8) is 0 Å². The van der Waals surface area contributed by atoms with Crippen molar-refractivity contribution >= 4 is 78.4 Å². The molecule has 3 rings (SSSR count). The monoisotopic (exact) mass is 841 g/mol. The molecule has 3 heterocycles. The third-order valence-electron chi connectivity index (χ3n) is 6.93. The van der Waals surface area contributed by atoms with Crippen LogP contribution in [0.4, 0.5) is 5.82 Å². The molecule has 8 atom stereocenters. The molecule has 8 unspecified atom stereocenters. The Morgan fingerprint density at radius 1 is 1.10 bits per heavy atom. The summed E-state index contributed by atoms with van der Waals surface area (Å²) in [7, 11) is -14.1. The van der Waals surface area contributed by atoms with Gasteiger partial charge in [-0.2, -0.15) is 4.31 Å². The van der Waals surface area contributed by atoms with Gasteiger partial charge in [-0.25, -0.2) is 28.6 Å². The van der Waals surface area contributed by atoms with E-state index in [0.717, 1.165) is 29.0 Å². The number of amides is 2. The zero-order valence-electron chi connectivity index (χ0n) is 27.4. The second kappa shape index (κ2) is 18.5. The van der Waals surface area contributed by atoms with Gasteiger partial charge in [0.15, 0.2) is 22.8 Å². The molecule has 0 saturated carbocycles. The summed E-state index contributed by atoms with van der Waals surface area (Å²) in [5.41, 5.74) is 4.26. The van der Waals surface area contributed by atoms with E-state index in [-0.39, 0.29) is 47.8 Å². The van der Waals surface area contributed by atoms with Crippen LogP contribution in [0, 0.1) is 5.41 Å². The van der Waals surface area contributed by atoms with Gasteiger partial charge in [-0.15, -0.1) is 9.24 Å². The average molecular weight is 842 g/mol. The second-order valence-electron chi connectivity index (χ2n) is 11.5. The molecule has 1 aliphatic heterocycles. The van der Waals surface area contributed by atoms with E-state index >= 15 is 0 Å². The topological polar surface area (TPSA) is 364 Å². The normalized spacial score (nSPS) is 22.4. The number of nitrogens with zero attached hydrogens (tertiary/aromatic N) is 4. The highest BCUT2D eigenvalue weighted by Crippen LogP contribution is 2.61. The zero-order chi connectivity index (χ0) is 39.1. The molecule has 1 saturated heterocycles. The Hall–Kier alpha value is -2.01. The van der Waals surface area contributed by atoms with E-state index in [4.69, 9.17) is 19.5 Å². The fourth-order valence-electron chi connectivity index (χ4n) is 4.35. The molecule has 52 heavy (non-hydrogen) atoms. The van der Waals surface area contributed by atoms with Gasteiger partial charge < -0.3 is 50.9 Å². The lowest BCUT2D eigenvalue weighted by molar-refractivity contribution is -0.137. The first kappa shape index (κ1) is 44.4. The number of aromatic nitrogens is 4. The number of hydrogen-bond acceptors (Lipinski definition) is 18. The fraction of sp³-hybridized carbons (Fsp3) is 0.652. The second-order valence-corrected chi connectivity index (χ2v) is 17.3. The third kappa shape index (κ3) is 13.1. The van der Waals surface area contributed by atoms with E-state index in [0.29, 0.717) is 5.75 Å². The van der Waals surface area contributed by atoms with Gasteiger partial charge in [-0.1, -0.05) is 25.6 Å². The maximum atomic E-state index is 12.6. The number of ether oxygens (including phenoxy) is 1. The highest BCUT2D eigenvalue weighted by molar-refractivity contribution is 8.14. The molecule has 294 valence electrons. The van der Waals surface area contributed by atoms with Crippen LogP contribution in [-0.2, 0) is 50.7 Å². The minimum Gasteiger partial charge on any atom is -0.386 e. The number of thioether (sulfide) groups is 1. The first-order valence-electron chi connectivity index (χ1n) is 14.8. The Kier molecular flexibility index (Phi) is 15.8. The summed E-state index contributed by atoms with van der Waals surface area (Å²) >= 11 is 1.05. The van der Waals surface area contributed by atoms with Crippen LogP contribution in [0.15, 0.2) is 12.7 Å². The lowest BCUT2D eigenvalue weighted by Crippen LogP contribution is -2.46. The van der Waals surface area contributed by atoms with Crippen LogP contribution in [0.5, 0.6) is 0 Å². The van der Waals surface area contributed by atoms with Gasteiger partial charge >= 0.3 is 23.5 Å². The number of nitrogens with two attached hydrogens (primary N) is 1. The lowest BCUT2D eigenvalue weighted by atomic mass is 9.87. The van der Waals surface area contributed by atoms with Gasteiger partial charge in [-0.05, 0) is 0 Å². The van der Waals surface area contributed by atoms with Crippen LogP contribution in [0.3, 0.4) is 0 Å². The molecule has 0 aromatic carbocycles. The van der Waals surface area contributed by atoms with E-state index in [1.165, 1.54) is 13.8 Å². The van der Waals surface area contributed by atoms with Gasteiger partial charge in [0.1, 0.15) is 36.3 Å². The number of aliphatic hydroxyl groups is 2. The van der Waals surface area contributed by atoms with Crippen molar-refractivity contribution in [2.45, 2.75) is 50.9 Å². The fourth-order valence-corrected chi connectivity index (χ4v) is 8.09. The van der Waals surface area contributed by atoms with Crippen LogP contribution in [0.25, 0.3) is 11.2 Å². The number of nitrogen functional groups attached to an aromatic ring is 1. The number of phosphoric acid groups is 3. The highest BCUT2D eigenvalue weighted by atomic mass is 32.2. The predicted molar refractivity (Wildman–Crippen MR) is 182 cm³/mol. The number of nitrogens with one attached hydrogen (secondary N) is 2. The summed E-state index contributed by atoms with van der Waals surface area (Å²) in [6.07, 6.45) is -6.61. The molecule has 0 aliphatic carbocycles. The van der Waals surface area contributed by atoms with Crippen molar-refractivity contribution in [2.75, 3.05) is 44.0 Å². The average Bonchev–Trinajstić information content (AvgIpc) is 3.60. The molecule has 2 aromatic rings. The van der Waals surface area contributed by atoms with Crippen LogP contribution in [0.1, 0.15) is 26.5 Å². The molecular weight excluding hydrogens is 802 g/mol. The van der Waals surface area contributed by atoms with Gasteiger partial charge in [0, 0.05) is 36.8 Å². The summed E-state index contributed by atoms with van der Waals surface area (Å²) in [6.45, 7) is 0.513. The molecule has 10 N–H and O–H groups in total. The minimum atomic E-state index is -5.56. The maximum Gasteiger partial charge on any atom is 0.481 e. The molecule has 0 radical (unpaired) electrons. The highest BCUT2D eigenvalue weighted by Gasteiger charge is 2.50. The molecule has 0 bridgehead atoms. The molecule has 2 amide bonds. The van der Waals surface area contributed by atoms with Crippen LogP contribution in [0.2, 0.25) is 0 Å². The van der Waals surface area contributed by atoms with Crippen molar-refractivity contribution in [3.8, 4) is 0 Å². The number of rotatable bonds is 20. The molecule has 0 spiro atoms. The summed E-state index contributed by atoms with van der Waals surface area (Å²) in [5, 5.41) is 26.2. The Bertz CT molecular complexity index is 1730. The molecule has 1 aliphatic rings. The molecule has 24 nitrogen and oxygen atoms in total. The Morgan fingerprint density at radius 2 is 1.77 bits per heavy atom. The van der Waals surface area contributed by atoms with Crippen molar-refractivity contribution < 1.29 is 80.5 Å². The smallest absolute Gasteiger partial charge is 0.386 e. The Balaban J connectivity index is 1.54. The lowest BCUT2D eigenvalue weighted by Gasteiger charge is -2.30. The number of phosphoric ester groups is 3. The van der Waals surface area contributed by atoms with Gasteiger partial charge in [0.25, 0.3) is 0 Å². The molecule has 1 fully saturated rings. The summed E-state index contributed by atoms with van der Waals surface area (Å²) in [6, 6.07) is 0. The van der Waals surface area contributed by atoms with E-state index in [2.05, 4.69) is 43.7 Å². The number of imidazole rings is 1. The summed E-state index contributed by atoms with van der Waals surface area (Å²) < 4.78 is 61.9. The van der Waals surface area contributed by atoms with E-state index in [1.807, 2.05) is 0 Å². The van der Waals surface area contributed by atoms with Crippen LogP contribution < -0.4 is 16.4 Å². The number of hydrogen-bond donors (Lipinski definition) is 9. The number of fused-ring (bicyclic) bond motifs is 1. The first-order valence-corrected chi connectivity index (χ1v) is 21.1. The number of carbonyl (C=O) groups is 3.